The van der Waals surface area contributed by atoms with E-state index in [0.717, 1.165) is 5.75 Å². The first kappa shape index (κ1) is 12.9. The van der Waals surface area contributed by atoms with E-state index in [9.17, 15) is 4.79 Å². The van der Waals surface area contributed by atoms with Gasteiger partial charge < -0.3 is 9.84 Å². The number of nitrogens with zero attached hydrogens (tertiary/aromatic N) is 1. The Kier molecular flexibility index (Phi) is 3.39. The van der Waals surface area contributed by atoms with E-state index in [2.05, 4.69) is 10.2 Å². The Morgan fingerprint density at radius 1 is 1.00 bits per heavy atom. The van der Waals surface area contributed by atoms with Crippen LogP contribution in [0.5, 0.6) is 11.5 Å². The van der Waals surface area contributed by atoms with Gasteiger partial charge in [-0.1, -0.05) is 18.2 Å². The number of H-pyrrole nitrogens is 1. The van der Waals surface area contributed by atoms with E-state index in [1.165, 1.54) is 6.20 Å². The molecular formula is C16H12N2O3. The number of ether oxygens (including phenoxy) is 1. The molecule has 5 heteroatoms. The minimum atomic E-state index is -1.01. The number of rotatable bonds is 4. The maximum Gasteiger partial charge on any atom is 0.339 e. The van der Waals surface area contributed by atoms with Crippen LogP contribution in [0.4, 0.5) is 0 Å². The van der Waals surface area contributed by atoms with Gasteiger partial charge in [0.15, 0.2) is 0 Å². The van der Waals surface area contributed by atoms with E-state index in [0.29, 0.717) is 17.0 Å². The van der Waals surface area contributed by atoms with Crippen molar-refractivity contribution in [1.29, 1.82) is 0 Å². The monoisotopic (exact) mass is 280 g/mol. The van der Waals surface area contributed by atoms with Crippen molar-refractivity contribution >= 4 is 5.97 Å². The lowest BCUT2D eigenvalue weighted by Crippen LogP contribution is -1.96. The van der Waals surface area contributed by atoms with E-state index in [-0.39, 0.29) is 5.56 Å². The lowest BCUT2D eigenvalue weighted by Gasteiger charge is -2.06. The Hall–Kier alpha value is -3.08. The Balaban J connectivity index is 1.84. The van der Waals surface area contributed by atoms with E-state index >= 15 is 0 Å². The SMILES string of the molecule is O=C(O)c1c[nH]nc1-c1ccc(Oc2ccccc2)cc1. The average Bonchev–Trinajstić information content (AvgIpc) is 2.99. The predicted octanol–water partition coefficient (Wildman–Crippen LogP) is 3.57. The van der Waals surface area contributed by atoms with Gasteiger partial charge in [-0.2, -0.15) is 5.10 Å². The fourth-order valence-corrected chi connectivity index (χ4v) is 1.98. The highest BCUT2D eigenvalue weighted by molar-refractivity contribution is 5.94. The highest BCUT2D eigenvalue weighted by atomic mass is 16.5. The summed E-state index contributed by atoms with van der Waals surface area (Å²) >= 11 is 0. The van der Waals surface area contributed by atoms with Gasteiger partial charge in [0.2, 0.25) is 0 Å². The molecule has 0 unspecified atom stereocenters. The summed E-state index contributed by atoms with van der Waals surface area (Å²) in [6, 6.07) is 16.6. The normalized spacial score (nSPS) is 10.3. The summed E-state index contributed by atoms with van der Waals surface area (Å²) in [5.74, 6) is 0.414. The number of nitrogens with one attached hydrogen (secondary N) is 1. The van der Waals surface area contributed by atoms with E-state index < -0.39 is 5.97 Å². The summed E-state index contributed by atoms with van der Waals surface area (Å²) < 4.78 is 5.68. The summed E-state index contributed by atoms with van der Waals surface area (Å²) in [5.41, 5.74) is 1.27. The number of carboxylic acids is 1. The van der Waals surface area contributed by atoms with Crippen LogP contribution in [0.15, 0.2) is 60.8 Å². The van der Waals surface area contributed by atoms with Crippen molar-refractivity contribution in [2.45, 2.75) is 0 Å². The maximum atomic E-state index is 11.1. The van der Waals surface area contributed by atoms with Crippen LogP contribution in [-0.2, 0) is 0 Å². The third-order valence-corrected chi connectivity index (χ3v) is 2.98. The van der Waals surface area contributed by atoms with Crippen LogP contribution in [0.3, 0.4) is 0 Å². The second-order valence-electron chi connectivity index (χ2n) is 4.39. The van der Waals surface area contributed by atoms with E-state index in [1.807, 2.05) is 30.3 Å². The largest absolute Gasteiger partial charge is 0.478 e. The number of aromatic amines is 1. The molecule has 3 rings (SSSR count). The van der Waals surface area contributed by atoms with Gasteiger partial charge in [-0.25, -0.2) is 4.79 Å². The molecule has 0 atom stereocenters. The molecule has 0 bridgehead atoms. The molecular weight excluding hydrogens is 268 g/mol. The van der Waals surface area contributed by atoms with Crippen LogP contribution in [0.25, 0.3) is 11.3 Å². The smallest absolute Gasteiger partial charge is 0.339 e. The standard InChI is InChI=1S/C16H12N2O3/c19-16(20)14-10-17-18-15(14)11-6-8-13(9-7-11)21-12-4-2-1-3-5-12/h1-10H,(H,17,18)(H,19,20). The van der Waals surface area contributed by atoms with Crippen molar-refractivity contribution in [3.63, 3.8) is 0 Å². The van der Waals surface area contributed by atoms with Gasteiger partial charge in [-0.3, -0.25) is 5.10 Å². The van der Waals surface area contributed by atoms with Gasteiger partial charge >= 0.3 is 5.97 Å². The van der Waals surface area contributed by atoms with Crippen LogP contribution in [-0.4, -0.2) is 21.3 Å². The van der Waals surface area contributed by atoms with Gasteiger partial charge in [-0.15, -0.1) is 0 Å². The zero-order valence-corrected chi connectivity index (χ0v) is 11.0. The average molecular weight is 280 g/mol. The van der Waals surface area contributed by atoms with Crippen LogP contribution < -0.4 is 4.74 Å². The highest BCUT2D eigenvalue weighted by Crippen LogP contribution is 2.26. The lowest BCUT2D eigenvalue weighted by molar-refractivity contribution is 0.0698. The fourth-order valence-electron chi connectivity index (χ4n) is 1.98. The molecule has 1 aromatic heterocycles. The van der Waals surface area contributed by atoms with Crippen molar-refractivity contribution in [3.05, 3.63) is 66.4 Å². The van der Waals surface area contributed by atoms with Crippen molar-refractivity contribution in [1.82, 2.24) is 10.2 Å². The summed E-state index contributed by atoms with van der Waals surface area (Å²) in [6.07, 6.45) is 1.37. The number of benzene rings is 2. The number of carbonyl (C=O) groups is 1. The molecule has 104 valence electrons. The third kappa shape index (κ3) is 2.76. The molecule has 0 aliphatic heterocycles. The number of carboxylic acid groups (broad SMARTS) is 1. The number of para-hydroxylation sites is 1. The quantitative estimate of drug-likeness (QED) is 0.766. The first-order valence-electron chi connectivity index (χ1n) is 6.34. The van der Waals surface area contributed by atoms with Gasteiger partial charge in [0.25, 0.3) is 0 Å². The molecule has 0 spiro atoms. The summed E-state index contributed by atoms with van der Waals surface area (Å²) in [7, 11) is 0. The van der Waals surface area contributed by atoms with Crippen molar-refractivity contribution < 1.29 is 14.6 Å². The molecule has 0 saturated heterocycles. The fraction of sp³-hybridized carbons (Fsp3) is 0. The molecule has 0 aliphatic rings. The maximum absolute atomic E-state index is 11.1. The minimum absolute atomic E-state index is 0.145. The summed E-state index contributed by atoms with van der Waals surface area (Å²) in [6.45, 7) is 0. The lowest BCUT2D eigenvalue weighted by atomic mass is 10.1. The van der Waals surface area contributed by atoms with E-state index in [1.54, 1.807) is 24.3 Å². The molecule has 3 aromatic rings. The zero-order valence-electron chi connectivity index (χ0n) is 11.0. The molecule has 2 N–H and O–H groups in total. The van der Waals surface area contributed by atoms with Crippen LogP contribution in [0, 0.1) is 0 Å². The number of aromatic carboxylic acids is 1. The molecule has 0 saturated carbocycles. The number of aromatic nitrogens is 2. The molecule has 0 amide bonds. The Morgan fingerprint density at radius 3 is 2.33 bits per heavy atom. The first-order chi connectivity index (χ1) is 10.2. The molecule has 0 aliphatic carbocycles. The van der Waals surface area contributed by atoms with Gasteiger partial charge in [-0.05, 0) is 36.4 Å². The predicted molar refractivity (Wildman–Crippen MR) is 77.5 cm³/mol. The van der Waals surface area contributed by atoms with Crippen molar-refractivity contribution in [2.24, 2.45) is 0 Å². The number of hydrogen-bond acceptors (Lipinski definition) is 3. The molecule has 2 aromatic carbocycles. The zero-order chi connectivity index (χ0) is 14.7. The van der Waals surface area contributed by atoms with Crippen molar-refractivity contribution in [3.8, 4) is 22.8 Å². The number of hydrogen-bond donors (Lipinski definition) is 2. The van der Waals surface area contributed by atoms with Crippen LogP contribution >= 0.6 is 0 Å². The minimum Gasteiger partial charge on any atom is -0.478 e. The van der Waals surface area contributed by atoms with Gasteiger partial charge in [0.1, 0.15) is 22.8 Å². The summed E-state index contributed by atoms with van der Waals surface area (Å²) in [5, 5.41) is 15.6. The Labute approximate surface area is 120 Å². The van der Waals surface area contributed by atoms with Gasteiger partial charge in [0, 0.05) is 11.8 Å². The van der Waals surface area contributed by atoms with E-state index in [4.69, 9.17) is 9.84 Å². The third-order valence-electron chi connectivity index (χ3n) is 2.98. The molecule has 1 heterocycles. The topological polar surface area (TPSA) is 75.2 Å². The second kappa shape index (κ2) is 5.50. The Bertz CT molecular complexity index is 749. The molecule has 0 radical (unpaired) electrons. The Morgan fingerprint density at radius 2 is 1.67 bits per heavy atom. The molecule has 5 nitrogen and oxygen atoms in total. The van der Waals surface area contributed by atoms with Gasteiger partial charge in [0.05, 0.1) is 0 Å². The summed E-state index contributed by atoms with van der Waals surface area (Å²) in [4.78, 5) is 11.1. The van der Waals surface area contributed by atoms with Crippen molar-refractivity contribution in [2.75, 3.05) is 0 Å². The highest BCUT2D eigenvalue weighted by Gasteiger charge is 2.14. The van der Waals surface area contributed by atoms with Crippen LogP contribution in [0.2, 0.25) is 0 Å². The second-order valence-corrected chi connectivity index (χ2v) is 4.39. The molecule has 0 fully saturated rings. The van der Waals surface area contributed by atoms with Crippen LogP contribution in [0.1, 0.15) is 10.4 Å². The molecule has 21 heavy (non-hydrogen) atoms. The first-order valence-corrected chi connectivity index (χ1v) is 6.34.